The van der Waals surface area contributed by atoms with Gasteiger partial charge in [-0.1, -0.05) is 124 Å². The van der Waals surface area contributed by atoms with Gasteiger partial charge in [-0.2, -0.15) is 0 Å². The van der Waals surface area contributed by atoms with E-state index in [1.54, 1.807) is 0 Å². The molecule has 0 aromatic carbocycles. The molecule has 0 aromatic rings. The van der Waals surface area contributed by atoms with Crippen LogP contribution in [0.5, 0.6) is 0 Å². The summed E-state index contributed by atoms with van der Waals surface area (Å²) < 4.78 is 5.47. The summed E-state index contributed by atoms with van der Waals surface area (Å²) in [5.74, 6) is 0.578. The molecule has 0 spiro atoms. The Kier molecular flexibility index (Phi) is 21.3. The van der Waals surface area contributed by atoms with Crippen LogP contribution in [-0.2, 0) is 9.53 Å². The van der Waals surface area contributed by atoms with Gasteiger partial charge in [0, 0.05) is 6.42 Å². The number of carbonyl (C=O) groups excluding carboxylic acids is 1. The van der Waals surface area contributed by atoms with Crippen LogP contribution in [0.2, 0.25) is 0 Å². The summed E-state index contributed by atoms with van der Waals surface area (Å²) in [6, 6.07) is 0. The van der Waals surface area contributed by atoms with Crippen molar-refractivity contribution in [3.8, 4) is 0 Å². The Balaban J connectivity index is 3.28. The first kappa shape index (κ1) is 26.5. The van der Waals surface area contributed by atoms with Gasteiger partial charge in [-0.05, 0) is 18.8 Å². The number of carbonyl (C=O) groups is 1. The van der Waals surface area contributed by atoms with Gasteiger partial charge in [-0.3, -0.25) is 4.79 Å². The van der Waals surface area contributed by atoms with Gasteiger partial charge in [0.25, 0.3) is 0 Å². The van der Waals surface area contributed by atoms with Gasteiger partial charge in [0.1, 0.15) is 0 Å². The molecule has 0 aliphatic rings. The van der Waals surface area contributed by atoms with Crippen LogP contribution < -0.4 is 0 Å². The largest absolute Gasteiger partial charge is 0.465 e. The Morgan fingerprint density at radius 3 is 1.52 bits per heavy atom. The number of rotatable bonds is 21. The summed E-state index contributed by atoms with van der Waals surface area (Å²) in [4.78, 5) is 11.8. The summed E-state index contributed by atoms with van der Waals surface area (Å²) in [5, 5.41) is 0. The predicted octanol–water partition coefficient (Wildman–Crippen LogP) is 8.62. The van der Waals surface area contributed by atoms with Gasteiger partial charge in [0.2, 0.25) is 0 Å². The fraction of sp³-hybridized carbons (Fsp3) is 0.960. The molecule has 1 unspecified atom stereocenters. The third kappa shape index (κ3) is 20.0. The number of esters is 1. The number of unbranched alkanes of at least 4 members (excludes halogenated alkanes) is 14. The van der Waals surface area contributed by atoms with Crippen molar-refractivity contribution in [3.63, 3.8) is 0 Å². The van der Waals surface area contributed by atoms with Crippen LogP contribution >= 0.6 is 0 Å². The molecule has 0 bridgehead atoms. The van der Waals surface area contributed by atoms with Crippen molar-refractivity contribution >= 4 is 5.97 Å². The third-order valence-corrected chi connectivity index (χ3v) is 5.76. The van der Waals surface area contributed by atoms with E-state index in [9.17, 15) is 4.79 Å². The van der Waals surface area contributed by atoms with Crippen LogP contribution in [-0.4, -0.2) is 12.6 Å². The lowest BCUT2D eigenvalue weighted by atomic mass is 10.0. The molecule has 0 heterocycles. The maximum absolute atomic E-state index is 11.8. The second-order valence-corrected chi connectivity index (χ2v) is 8.45. The lowest BCUT2D eigenvalue weighted by Gasteiger charge is -2.14. The molecular weight excluding hydrogens is 332 g/mol. The van der Waals surface area contributed by atoms with E-state index in [1.807, 2.05) is 0 Å². The minimum atomic E-state index is 0.0175. The molecule has 0 fully saturated rings. The smallest absolute Gasteiger partial charge is 0.305 e. The van der Waals surface area contributed by atoms with Crippen LogP contribution in [0.3, 0.4) is 0 Å². The fourth-order valence-corrected chi connectivity index (χ4v) is 3.64. The van der Waals surface area contributed by atoms with Crippen molar-refractivity contribution < 1.29 is 9.53 Å². The average Bonchev–Trinajstić information content (AvgIpc) is 2.68. The summed E-state index contributed by atoms with van der Waals surface area (Å²) in [6.07, 6.45) is 24.3. The molecule has 2 heteroatoms. The minimum absolute atomic E-state index is 0.0175. The van der Waals surface area contributed by atoms with Crippen molar-refractivity contribution in [2.24, 2.45) is 5.92 Å². The first-order chi connectivity index (χ1) is 13.2. The minimum Gasteiger partial charge on any atom is -0.465 e. The Morgan fingerprint density at radius 2 is 1.07 bits per heavy atom. The van der Waals surface area contributed by atoms with E-state index in [1.165, 1.54) is 103 Å². The highest BCUT2D eigenvalue weighted by Crippen LogP contribution is 2.15. The highest BCUT2D eigenvalue weighted by atomic mass is 16.5. The predicted molar refractivity (Wildman–Crippen MR) is 119 cm³/mol. The molecule has 27 heavy (non-hydrogen) atoms. The normalized spacial score (nSPS) is 12.3. The fourth-order valence-electron chi connectivity index (χ4n) is 3.64. The second kappa shape index (κ2) is 21.8. The van der Waals surface area contributed by atoms with Crippen molar-refractivity contribution in [3.05, 3.63) is 0 Å². The van der Waals surface area contributed by atoms with Crippen molar-refractivity contribution in [1.29, 1.82) is 0 Å². The van der Waals surface area contributed by atoms with Gasteiger partial charge in [-0.25, -0.2) is 0 Å². The van der Waals surface area contributed by atoms with Gasteiger partial charge < -0.3 is 4.74 Å². The van der Waals surface area contributed by atoms with Crippen LogP contribution in [0.25, 0.3) is 0 Å². The van der Waals surface area contributed by atoms with Crippen LogP contribution in [0.4, 0.5) is 0 Å². The molecule has 2 nitrogen and oxygen atoms in total. The van der Waals surface area contributed by atoms with Crippen LogP contribution in [0.1, 0.15) is 143 Å². The van der Waals surface area contributed by atoms with Crippen molar-refractivity contribution in [2.45, 2.75) is 143 Å². The maximum atomic E-state index is 11.8. The first-order valence-electron chi connectivity index (χ1n) is 12.4. The molecule has 0 saturated carbocycles. The number of hydrogen-bond acceptors (Lipinski definition) is 2. The Bertz CT molecular complexity index is 301. The van der Waals surface area contributed by atoms with Gasteiger partial charge in [-0.15, -0.1) is 0 Å². The SMILES string of the molecule is CCCCCCCCCCCCCCCCC(=O)OCC(CC)CCCC. The van der Waals surface area contributed by atoms with E-state index in [2.05, 4.69) is 20.8 Å². The summed E-state index contributed by atoms with van der Waals surface area (Å²) in [5.41, 5.74) is 0. The molecule has 0 amide bonds. The highest BCUT2D eigenvalue weighted by Gasteiger charge is 2.09. The zero-order valence-electron chi connectivity index (χ0n) is 19.0. The maximum Gasteiger partial charge on any atom is 0.305 e. The van der Waals surface area contributed by atoms with Gasteiger partial charge in [0.15, 0.2) is 0 Å². The molecule has 0 aliphatic carbocycles. The van der Waals surface area contributed by atoms with Crippen molar-refractivity contribution in [2.75, 3.05) is 6.61 Å². The molecule has 0 rings (SSSR count). The molecule has 162 valence electrons. The molecular formula is C25H50O2. The molecule has 0 aliphatic heterocycles. The summed E-state index contributed by atoms with van der Waals surface area (Å²) in [7, 11) is 0. The van der Waals surface area contributed by atoms with Gasteiger partial charge >= 0.3 is 5.97 Å². The summed E-state index contributed by atoms with van der Waals surface area (Å²) >= 11 is 0. The second-order valence-electron chi connectivity index (χ2n) is 8.45. The topological polar surface area (TPSA) is 26.3 Å². The van der Waals surface area contributed by atoms with E-state index in [0.29, 0.717) is 18.9 Å². The summed E-state index contributed by atoms with van der Waals surface area (Å²) in [6.45, 7) is 7.33. The first-order valence-corrected chi connectivity index (χ1v) is 12.4. The molecule has 0 aromatic heterocycles. The van der Waals surface area contributed by atoms with Crippen LogP contribution in [0, 0.1) is 5.92 Å². The Hall–Kier alpha value is -0.530. The highest BCUT2D eigenvalue weighted by molar-refractivity contribution is 5.69. The monoisotopic (exact) mass is 382 g/mol. The van der Waals surface area contributed by atoms with E-state index in [4.69, 9.17) is 4.74 Å². The standard InChI is InChI=1S/C25H50O2/c1-4-7-9-10-11-12-13-14-15-16-17-18-19-20-22-25(26)27-23-24(6-3)21-8-5-2/h24H,4-23H2,1-3H3. The Morgan fingerprint density at radius 1 is 0.630 bits per heavy atom. The van der Waals surface area contributed by atoms with E-state index < -0.39 is 0 Å². The molecule has 0 N–H and O–H groups in total. The van der Waals surface area contributed by atoms with E-state index in [0.717, 1.165) is 12.8 Å². The average molecular weight is 383 g/mol. The van der Waals surface area contributed by atoms with E-state index >= 15 is 0 Å². The lowest BCUT2D eigenvalue weighted by molar-refractivity contribution is -0.145. The Labute approximate surface area is 171 Å². The molecule has 1 atom stereocenters. The van der Waals surface area contributed by atoms with Crippen molar-refractivity contribution in [1.82, 2.24) is 0 Å². The zero-order valence-corrected chi connectivity index (χ0v) is 19.0. The number of ether oxygens (including phenoxy) is 1. The van der Waals surface area contributed by atoms with Gasteiger partial charge in [0.05, 0.1) is 6.61 Å². The molecule has 0 radical (unpaired) electrons. The number of hydrogen-bond donors (Lipinski definition) is 0. The molecule has 0 saturated heterocycles. The quantitative estimate of drug-likeness (QED) is 0.147. The third-order valence-electron chi connectivity index (χ3n) is 5.76. The zero-order chi connectivity index (χ0) is 20.0. The lowest BCUT2D eigenvalue weighted by Crippen LogP contribution is -2.13. The van der Waals surface area contributed by atoms with Crippen LogP contribution in [0.15, 0.2) is 0 Å². The van der Waals surface area contributed by atoms with E-state index in [-0.39, 0.29) is 5.97 Å².